The van der Waals surface area contributed by atoms with Gasteiger partial charge in [-0.1, -0.05) is 13.8 Å². The van der Waals surface area contributed by atoms with E-state index in [2.05, 4.69) is 10.1 Å². The molecule has 6 heteroatoms. The fourth-order valence-electron chi connectivity index (χ4n) is 1.64. The zero-order valence-corrected chi connectivity index (χ0v) is 12.4. The van der Waals surface area contributed by atoms with Gasteiger partial charge in [-0.15, -0.1) is 0 Å². The van der Waals surface area contributed by atoms with E-state index in [1.807, 2.05) is 13.8 Å². The van der Waals surface area contributed by atoms with Crippen molar-refractivity contribution in [1.29, 1.82) is 0 Å². The highest BCUT2D eigenvalue weighted by Gasteiger charge is 2.25. The Hall–Kier alpha value is -1.59. The van der Waals surface area contributed by atoms with E-state index in [1.165, 1.54) is 18.9 Å². The van der Waals surface area contributed by atoms with Crippen LogP contribution in [0.3, 0.4) is 0 Å². The lowest BCUT2D eigenvalue weighted by molar-refractivity contribution is -0.141. The summed E-state index contributed by atoms with van der Waals surface area (Å²) in [6.45, 7) is 5.60. The minimum atomic E-state index is -0.527. The van der Waals surface area contributed by atoms with Gasteiger partial charge in [0, 0.05) is 26.9 Å². The first kappa shape index (κ1) is 17.4. The molecule has 0 fully saturated rings. The molecule has 0 heterocycles. The third-order valence-corrected chi connectivity index (χ3v) is 2.77. The molecule has 0 aromatic heterocycles. The number of carbonyl (C=O) groups is 3. The molecule has 1 N–H and O–H groups in total. The van der Waals surface area contributed by atoms with E-state index < -0.39 is 6.04 Å². The number of likely N-dealkylation sites (N-methyl/N-ethyl adjacent to an activating group) is 1. The van der Waals surface area contributed by atoms with Crippen LogP contribution < -0.4 is 5.32 Å². The Morgan fingerprint density at radius 1 is 1.26 bits per heavy atom. The van der Waals surface area contributed by atoms with Crippen molar-refractivity contribution in [3.05, 3.63) is 0 Å². The Kier molecular flexibility index (Phi) is 7.79. The van der Waals surface area contributed by atoms with Crippen molar-refractivity contribution in [2.75, 3.05) is 20.7 Å². The van der Waals surface area contributed by atoms with E-state index in [-0.39, 0.29) is 30.1 Å². The first-order valence-corrected chi connectivity index (χ1v) is 6.38. The van der Waals surface area contributed by atoms with Gasteiger partial charge in [0.15, 0.2) is 0 Å². The Morgan fingerprint density at radius 3 is 2.26 bits per heavy atom. The quantitative estimate of drug-likeness (QED) is 0.687. The normalized spacial score (nSPS) is 11.9. The van der Waals surface area contributed by atoms with E-state index in [9.17, 15) is 14.4 Å². The van der Waals surface area contributed by atoms with E-state index in [1.54, 1.807) is 7.05 Å². The highest BCUT2D eigenvalue weighted by Crippen LogP contribution is 2.06. The van der Waals surface area contributed by atoms with Crippen LogP contribution in [-0.4, -0.2) is 49.4 Å². The standard InChI is InChI=1S/C13H24N2O4/c1-9(2)12(14-10(3)16)13(18)15(4)8-6-7-11(17)19-5/h9,12H,6-8H2,1-5H3,(H,14,16). The van der Waals surface area contributed by atoms with Gasteiger partial charge in [0.2, 0.25) is 11.8 Å². The molecule has 2 amide bonds. The van der Waals surface area contributed by atoms with Gasteiger partial charge in [0.1, 0.15) is 6.04 Å². The Balaban J connectivity index is 4.34. The maximum absolute atomic E-state index is 12.2. The summed E-state index contributed by atoms with van der Waals surface area (Å²) in [6, 6.07) is -0.527. The predicted octanol–water partition coefficient (Wildman–Crippen LogP) is 0.559. The van der Waals surface area contributed by atoms with Crippen LogP contribution in [0.5, 0.6) is 0 Å². The number of carbonyl (C=O) groups excluding carboxylic acids is 3. The molecule has 0 aromatic rings. The van der Waals surface area contributed by atoms with Crippen molar-refractivity contribution in [3.8, 4) is 0 Å². The fourth-order valence-corrected chi connectivity index (χ4v) is 1.64. The summed E-state index contributed by atoms with van der Waals surface area (Å²) >= 11 is 0. The topological polar surface area (TPSA) is 75.7 Å². The van der Waals surface area contributed by atoms with Crippen LogP contribution in [0, 0.1) is 5.92 Å². The number of nitrogens with one attached hydrogen (secondary N) is 1. The zero-order valence-electron chi connectivity index (χ0n) is 12.4. The molecule has 1 atom stereocenters. The molecule has 0 aromatic carbocycles. The predicted molar refractivity (Wildman–Crippen MR) is 71.3 cm³/mol. The SMILES string of the molecule is COC(=O)CCCN(C)C(=O)C(NC(C)=O)C(C)C. The maximum Gasteiger partial charge on any atom is 0.305 e. The first-order valence-electron chi connectivity index (χ1n) is 6.38. The molecular formula is C13H24N2O4. The van der Waals surface area contributed by atoms with Crippen molar-refractivity contribution >= 4 is 17.8 Å². The Labute approximate surface area is 114 Å². The van der Waals surface area contributed by atoms with Crippen LogP contribution in [0.2, 0.25) is 0 Å². The lowest BCUT2D eigenvalue weighted by Crippen LogP contribution is -2.49. The molecule has 0 spiro atoms. The van der Waals surface area contributed by atoms with Crippen molar-refractivity contribution < 1.29 is 19.1 Å². The summed E-state index contributed by atoms with van der Waals surface area (Å²) in [5, 5.41) is 2.65. The largest absolute Gasteiger partial charge is 0.469 e. The van der Waals surface area contributed by atoms with Crippen molar-refractivity contribution in [3.63, 3.8) is 0 Å². The smallest absolute Gasteiger partial charge is 0.305 e. The number of hydrogen-bond acceptors (Lipinski definition) is 4. The summed E-state index contributed by atoms with van der Waals surface area (Å²) in [6.07, 6.45) is 0.820. The molecule has 19 heavy (non-hydrogen) atoms. The summed E-state index contributed by atoms with van der Waals surface area (Å²) in [5.41, 5.74) is 0. The number of amides is 2. The van der Waals surface area contributed by atoms with Crippen molar-refractivity contribution in [2.45, 2.75) is 39.7 Å². The van der Waals surface area contributed by atoms with Crippen LogP contribution in [0.1, 0.15) is 33.6 Å². The summed E-state index contributed by atoms with van der Waals surface area (Å²) in [5.74, 6) is -0.646. The second kappa shape index (κ2) is 8.50. The third-order valence-electron chi connectivity index (χ3n) is 2.77. The Bertz CT molecular complexity index is 329. The molecule has 0 bridgehead atoms. The highest BCUT2D eigenvalue weighted by atomic mass is 16.5. The minimum Gasteiger partial charge on any atom is -0.469 e. The molecule has 0 radical (unpaired) electrons. The number of rotatable bonds is 7. The fraction of sp³-hybridized carbons (Fsp3) is 0.769. The zero-order chi connectivity index (χ0) is 15.0. The molecule has 0 aliphatic heterocycles. The number of hydrogen-bond donors (Lipinski definition) is 1. The van der Waals surface area contributed by atoms with Gasteiger partial charge < -0.3 is 15.0 Å². The van der Waals surface area contributed by atoms with Gasteiger partial charge >= 0.3 is 5.97 Å². The lowest BCUT2D eigenvalue weighted by Gasteiger charge is -2.26. The van der Waals surface area contributed by atoms with Gasteiger partial charge in [0.05, 0.1) is 7.11 Å². The summed E-state index contributed by atoms with van der Waals surface area (Å²) in [7, 11) is 3.00. The molecule has 0 aliphatic carbocycles. The molecule has 0 saturated heterocycles. The highest BCUT2D eigenvalue weighted by molar-refractivity contribution is 5.87. The molecular weight excluding hydrogens is 248 g/mol. The molecule has 6 nitrogen and oxygen atoms in total. The third kappa shape index (κ3) is 6.79. The summed E-state index contributed by atoms with van der Waals surface area (Å²) < 4.78 is 4.53. The van der Waals surface area contributed by atoms with Crippen LogP contribution in [0.4, 0.5) is 0 Å². The van der Waals surface area contributed by atoms with Crippen LogP contribution in [0.25, 0.3) is 0 Å². The van der Waals surface area contributed by atoms with E-state index in [0.717, 1.165) is 0 Å². The first-order chi connectivity index (χ1) is 8.79. The molecule has 0 aliphatic rings. The van der Waals surface area contributed by atoms with Gasteiger partial charge in [-0.25, -0.2) is 0 Å². The van der Waals surface area contributed by atoms with Gasteiger partial charge in [-0.2, -0.15) is 0 Å². The van der Waals surface area contributed by atoms with E-state index in [0.29, 0.717) is 13.0 Å². The van der Waals surface area contributed by atoms with Gasteiger partial charge in [-0.05, 0) is 12.3 Å². The van der Waals surface area contributed by atoms with Crippen LogP contribution in [-0.2, 0) is 19.1 Å². The van der Waals surface area contributed by atoms with Gasteiger partial charge in [-0.3, -0.25) is 14.4 Å². The average molecular weight is 272 g/mol. The van der Waals surface area contributed by atoms with Crippen LogP contribution >= 0.6 is 0 Å². The second-order valence-corrected chi connectivity index (χ2v) is 4.86. The molecule has 0 saturated carbocycles. The number of ether oxygens (including phenoxy) is 1. The Morgan fingerprint density at radius 2 is 1.84 bits per heavy atom. The molecule has 0 rings (SSSR count). The average Bonchev–Trinajstić information content (AvgIpc) is 2.34. The van der Waals surface area contributed by atoms with Crippen molar-refractivity contribution in [2.24, 2.45) is 5.92 Å². The maximum atomic E-state index is 12.2. The number of esters is 1. The minimum absolute atomic E-state index is 0.0134. The van der Waals surface area contributed by atoms with E-state index in [4.69, 9.17) is 0 Å². The molecule has 110 valence electrons. The van der Waals surface area contributed by atoms with Crippen molar-refractivity contribution in [1.82, 2.24) is 10.2 Å². The monoisotopic (exact) mass is 272 g/mol. The van der Waals surface area contributed by atoms with Gasteiger partial charge in [0.25, 0.3) is 0 Å². The van der Waals surface area contributed by atoms with Crippen LogP contribution in [0.15, 0.2) is 0 Å². The number of nitrogens with zero attached hydrogens (tertiary/aromatic N) is 1. The summed E-state index contributed by atoms with van der Waals surface area (Å²) in [4.78, 5) is 35.7. The van der Waals surface area contributed by atoms with E-state index >= 15 is 0 Å². The molecule has 1 unspecified atom stereocenters. The number of methoxy groups -OCH3 is 1. The second-order valence-electron chi connectivity index (χ2n) is 4.86. The lowest BCUT2D eigenvalue weighted by atomic mass is 10.0.